The number of hydrogen-bond acceptors (Lipinski definition) is 6. The van der Waals surface area contributed by atoms with E-state index in [-0.39, 0.29) is 12.5 Å². The molecular weight excluding hydrogens is 246 g/mol. The molecule has 0 atom stereocenters. The summed E-state index contributed by atoms with van der Waals surface area (Å²) in [6.07, 6.45) is 2.72. The monoisotopic (exact) mass is 269 g/mol. The molecule has 0 saturated heterocycles. The highest BCUT2D eigenvalue weighted by Crippen LogP contribution is 2.05. The van der Waals surface area contributed by atoms with E-state index in [9.17, 15) is 4.79 Å². The van der Waals surface area contributed by atoms with Gasteiger partial charge in [-0.1, -0.05) is 19.0 Å². The van der Waals surface area contributed by atoms with Crippen molar-refractivity contribution in [2.75, 3.05) is 19.7 Å². The van der Waals surface area contributed by atoms with Crippen LogP contribution in [0.15, 0.2) is 4.52 Å². The van der Waals surface area contributed by atoms with Crippen molar-refractivity contribution in [1.82, 2.24) is 15.0 Å². The fourth-order valence-electron chi connectivity index (χ4n) is 1.79. The molecule has 19 heavy (non-hydrogen) atoms. The number of esters is 1. The molecule has 0 unspecified atom stereocenters. The maximum Gasteiger partial charge on any atom is 0.320 e. The molecule has 0 radical (unpaired) electrons. The predicted octanol–water partition coefficient (Wildman–Crippen LogP) is 1.80. The van der Waals surface area contributed by atoms with Crippen LogP contribution in [0.3, 0.4) is 0 Å². The summed E-state index contributed by atoms with van der Waals surface area (Å²) < 4.78 is 10.1. The second-order valence-corrected chi connectivity index (χ2v) is 4.37. The van der Waals surface area contributed by atoms with E-state index < -0.39 is 0 Å². The van der Waals surface area contributed by atoms with Crippen molar-refractivity contribution in [2.24, 2.45) is 0 Å². The zero-order valence-corrected chi connectivity index (χ0v) is 12.0. The maximum absolute atomic E-state index is 11.5. The van der Waals surface area contributed by atoms with Crippen molar-refractivity contribution in [2.45, 2.75) is 46.6 Å². The molecule has 0 aliphatic rings. The molecule has 1 aromatic rings. The lowest BCUT2D eigenvalue weighted by Crippen LogP contribution is -2.31. The molecule has 0 aliphatic carbocycles. The summed E-state index contributed by atoms with van der Waals surface area (Å²) in [6.45, 7) is 7.92. The van der Waals surface area contributed by atoms with Crippen LogP contribution in [-0.4, -0.2) is 40.7 Å². The Morgan fingerprint density at radius 3 is 2.74 bits per heavy atom. The minimum Gasteiger partial charge on any atom is -0.465 e. The minimum absolute atomic E-state index is 0.215. The van der Waals surface area contributed by atoms with Gasteiger partial charge < -0.3 is 9.26 Å². The van der Waals surface area contributed by atoms with Gasteiger partial charge in [0.15, 0.2) is 5.82 Å². The first kappa shape index (κ1) is 15.6. The number of ether oxygens (including phenoxy) is 1. The summed E-state index contributed by atoms with van der Waals surface area (Å²) in [5, 5.41) is 3.93. The molecule has 6 heteroatoms. The highest BCUT2D eigenvalue weighted by Gasteiger charge is 2.14. The number of aryl methyl sites for hydroxylation is 1. The normalized spacial score (nSPS) is 10.9. The quantitative estimate of drug-likeness (QED) is 0.637. The number of nitrogens with zero attached hydrogens (tertiary/aromatic N) is 3. The average Bonchev–Trinajstić information content (AvgIpc) is 2.77. The Kier molecular flexibility index (Phi) is 7.10. The van der Waals surface area contributed by atoms with Gasteiger partial charge in [-0.2, -0.15) is 4.98 Å². The third-order valence-corrected chi connectivity index (χ3v) is 2.54. The Morgan fingerprint density at radius 2 is 2.11 bits per heavy atom. The van der Waals surface area contributed by atoms with Gasteiger partial charge in [-0.05, 0) is 26.3 Å². The van der Waals surface area contributed by atoms with Crippen molar-refractivity contribution in [1.29, 1.82) is 0 Å². The van der Waals surface area contributed by atoms with E-state index in [0.717, 1.165) is 25.8 Å². The molecule has 0 saturated carbocycles. The molecule has 0 N–H and O–H groups in total. The van der Waals surface area contributed by atoms with E-state index in [1.807, 2.05) is 4.90 Å². The topological polar surface area (TPSA) is 68.5 Å². The van der Waals surface area contributed by atoms with Crippen LogP contribution < -0.4 is 0 Å². The molecule has 0 spiro atoms. The first-order valence-electron chi connectivity index (χ1n) is 6.89. The van der Waals surface area contributed by atoms with Gasteiger partial charge in [0.05, 0.1) is 19.7 Å². The fraction of sp³-hybridized carbons (Fsp3) is 0.769. The number of aromatic nitrogens is 2. The molecule has 0 aromatic carbocycles. The second-order valence-electron chi connectivity index (χ2n) is 4.37. The van der Waals surface area contributed by atoms with Crippen molar-refractivity contribution >= 4 is 5.97 Å². The SMILES string of the molecule is CCCc1nc(CN(CCC)CC(=O)OCC)no1. The van der Waals surface area contributed by atoms with Gasteiger partial charge in [0.25, 0.3) is 0 Å². The Labute approximate surface area is 114 Å². The van der Waals surface area contributed by atoms with Crippen LogP contribution in [0.1, 0.15) is 45.3 Å². The Bertz CT molecular complexity index is 379. The minimum atomic E-state index is -0.215. The van der Waals surface area contributed by atoms with Crippen molar-refractivity contribution in [3.63, 3.8) is 0 Å². The molecular formula is C13H23N3O3. The Morgan fingerprint density at radius 1 is 1.32 bits per heavy atom. The highest BCUT2D eigenvalue weighted by molar-refractivity contribution is 5.71. The largest absolute Gasteiger partial charge is 0.465 e. The molecule has 1 rings (SSSR count). The fourth-order valence-corrected chi connectivity index (χ4v) is 1.79. The second kappa shape index (κ2) is 8.63. The number of hydrogen-bond donors (Lipinski definition) is 0. The van der Waals surface area contributed by atoms with Gasteiger partial charge in [0.1, 0.15) is 0 Å². The van der Waals surface area contributed by atoms with Crippen LogP contribution in [0.25, 0.3) is 0 Å². The predicted molar refractivity (Wildman–Crippen MR) is 70.5 cm³/mol. The lowest BCUT2D eigenvalue weighted by Gasteiger charge is -2.18. The lowest BCUT2D eigenvalue weighted by molar-refractivity contribution is -0.144. The van der Waals surface area contributed by atoms with Crippen LogP contribution in [0.4, 0.5) is 0 Å². The molecule has 108 valence electrons. The molecule has 1 heterocycles. The standard InChI is InChI=1S/C13H23N3O3/c1-4-7-12-14-11(15-19-12)9-16(8-5-2)10-13(17)18-6-3/h4-10H2,1-3H3. The van der Waals surface area contributed by atoms with Crippen LogP contribution in [0, 0.1) is 0 Å². The van der Waals surface area contributed by atoms with Gasteiger partial charge in [-0.3, -0.25) is 9.69 Å². The summed E-state index contributed by atoms with van der Waals surface area (Å²) in [5.41, 5.74) is 0. The molecule has 6 nitrogen and oxygen atoms in total. The summed E-state index contributed by atoms with van der Waals surface area (Å²) in [5.74, 6) is 1.07. The lowest BCUT2D eigenvalue weighted by atomic mass is 10.3. The van der Waals surface area contributed by atoms with E-state index in [1.54, 1.807) is 6.92 Å². The van der Waals surface area contributed by atoms with Gasteiger partial charge in [0, 0.05) is 6.42 Å². The van der Waals surface area contributed by atoms with Gasteiger partial charge >= 0.3 is 5.97 Å². The third kappa shape index (κ3) is 5.83. The first-order chi connectivity index (χ1) is 9.19. The smallest absolute Gasteiger partial charge is 0.320 e. The Balaban J connectivity index is 2.53. The molecule has 0 aliphatic heterocycles. The van der Waals surface area contributed by atoms with Crippen molar-refractivity contribution < 1.29 is 14.1 Å². The van der Waals surface area contributed by atoms with Gasteiger partial charge in [0.2, 0.25) is 5.89 Å². The van der Waals surface area contributed by atoms with Crippen molar-refractivity contribution in [3.05, 3.63) is 11.7 Å². The number of rotatable bonds is 9. The van der Waals surface area contributed by atoms with Crippen LogP contribution in [-0.2, 0) is 22.5 Å². The zero-order chi connectivity index (χ0) is 14.1. The number of carbonyl (C=O) groups is 1. The van der Waals surface area contributed by atoms with E-state index >= 15 is 0 Å². The highest BCUT2D eigenvalue weighted by atomic mass is 16.5. The average molecular weight is 269 g/mol. The molecule has 0 bridgehead atoms. The molecule has 0 amide bonds. The van der Waals surface area contributed by atoms with E-state index in [4.69, 9.17) is 9.26 Å². The Hall–Kier alpha value is -1.43. The summed E-state index contributed by atoms with van der Waals surface area (Å²) in [4.78, 5) is 17.8. The molecule has 0 fully saturated rings. The van der Waals surface area contributed by atoms with Gasteiger partial charge in [-0.25, -0.2) is 0 Å². The third-order valence-electron chi connectivity index (χ3n) is 2.54. The van der Waals surface area contributed by atoms with Crippen LogP contribution in [0.2, 0.25) is 0 Å². The zero-order valence-electron chi connectivity index (χ0n) is 12.0. The van der Waals surface area contributed by atoms with Crippen LogP contribution >= 0.6 is 0 Å². The first-order valence-corrected chi connectivity index (χ1v) is 6.89. The maximum atomic E-state index is 11.5. The number of carbonyl (C=O) groups excluding carboxylic acids is 1. The van der Waals surface area contributed by atoms with Crippen LogP contribution in [0.5, 0.6) is 0 Å². The summed E-state index contributed by atoms with van der Waals surface area (Å²) >= 11 is 0. The van der Waals surface area contributed by atoms with E-state index in [1.165, 1.54) is 0 Å². The van der Waals surface area contributed by atoms with E-state index in [2.05, 4.69) is 24.0 Å². The van der Waals surface area contributed by atoms with E-state index in [0.29, 0.717) is 24.9 Å². The summed E-state index contributed by atoms with van der Waals surface area (Å²) in [6, 6.07) is 0. The molecule has 1 aromatic heterocycles. The van der Waals surface area contributed by atoms with Crippen molar-refractivity contribution in [3.8, 4) is 0 Å². The van der Waals surface area contributed by atoms with Gasteiger partial charge in [-0.15, -0.1) is 0 Å². The summed E-state index contributed by atoms with van der Waals surface area (Å²) in [7, 11) is 0.